The molecule has 1 aliphatic heterocycles. The number of rotatable bonds is 4. The van der Waals surface area contributed by atoms with E-state index in [0.717, 1.165) is 19.4 Å². The molecule has 0 spiro atoms. The molecule has 1 saturated heterocycles. The molecule has 0 aromatic heterocycles. The molecular weight excluding hydrogens is 243 g/mol. The van der Waals surface area contributed by atoms with Crippen LogP contribution in [0.4, 0.5) is 4.39 Å². The Bertz CT molecular complexity index is 423. The quantitative estimate of drug-likeness (QED) is 0.910. The first-order chi connectivity index (χ1) is 9.13. The van der Waals surface area contributed by atoms with E-state index in [4.69, 9.17) is 10.5 Å². The standard InChI is InChI=1S/C15H23FN2O/c1-11(17)13-7-3-4-9-18(13)10-12-6-5-8-14(19-2)15(12)16/h5-6,8,11,13H,3-4,7,9-10,17H2,1-2H3. The highest BCUT2D eigenvalue weighted by molar-refractivity contribution is 5.31. The van der Waals surface area contributed by atoms with Crippen molar-refractivity contribution in [3.8, 4) is 5.75 Å². The monoisotopic (exact) mass is 266 g/mol. The number of hydrogen-bond donors (Lipinski definition) is 1. The van der Waals surface area contributed by atoms with Crippen molar-refractivity contribution in [2.45, 2.75) is 44.8 Å². The van der Waals surface area contributed by atoms with Crippen molar-refractivity contribution in [2.75, 3.05) is 13.7 Å². The molecule has 0 amide bonds. The lowest BCUT2D eigenvalue weighted by molar-refractivity contribution is 0.121. The molecule has 0 radical (unpaired) electrons. The average molecular weight is 266 g/mol. The van der Waals surface area contributed by atoms with Crippen LogP contribution in [0.3, 0.4) is 0 Å². The van der Waals surface area contributed by atoms with Crippen LogP contribution >= 0.6 is 0 Å². The Kier molecular flexibility index (Phi) is 4.77. The molecule has 1 aromatic rings. The minimum absolute atomic E-state index is 0.119. The van der Waals surface area contributed by atoms with E-state index in [2.05, 4.69) is 4.90 Å². The summed E-state index contributed by atoms with van der Waals surface area (Å²) in [6, 6.07) is 5.78. The maximum atomic E-state index is 14.2. The van der Waals surface area contributed by atoms with Crippen LogP contribution in [0.2, 0.25) is 0 Å². The first-order valence-corrected chi connectivity index (χ1v) is 6.94. The molecule has 2 unspecified atom stereocenters. The van der Waals surface area contributed by atoms with E-state index in [-0.39, 0.29) is 11.9 Å². The van der Waals surface area contributed by atoms with Crippen LogP contribution in [0.25, 0.3) is 0 Å². The lowest BCUT2D eigenvalue weighted by atomic mass is 9.96. The number of nitrogens with two attached hydrogens (primary N) is 1. The molecule has 2 rings (SSSR count). The van der Waals surface area contributed by atoms with Gasteiger partial charge in [-0.25, -0.2) is 4.39 Å². The number of nitrogens with zero attached hydrogens (tertiary/aromatic N) is 1. The van der Waals surface area contributed by atoms with Gasteiger partial charge in [0.05, 0.1) is 7.11 Å². The largest absolute Gasteiger partial charge is 0.494 e. The molecule has 2 atom stereocenters. The van der Waals surface area contributed by atoms with Crippen molar-refractivity contribution < 1.29 is 9.13 Å². The Hall–Kier alpha value is -1.13. The number of benzene rings is 1. The average Bonchev–Trinajstić information content (AvgIpc) is 2.41. The number of piperidine rings is 1. The summed E-state index contributed by atoms with van der Waals surface area (Å²) < 4.78 is 19.2. The van der Waals surface area contributed by atoms with Crippen LogP contribution in [0.15, 0.2) is 18.2 Å². The van der Waals surface area contributed by atoms with Gasteiger partial charge < -0.3 is 10.5 Å². The van der Waals surface area contributed by atoms with Gasteiger partial charge in [-0.1, -0.05) is 18.6 Å². The predicted molar refractivity (Wildman–Crippen MR) is 74.7 cm³/mol. The van der Waals surface area contributed by atoms with Crippen molar-refractivity contribution in [2.24, 2.45) is 5.73 Å². The second-order valence-electron chi connectivity index (χ2n) is 5.33. The highest BCUT2D eigenvalue weighted by Crippen LogP contribution is 2.25. The second-order valence-corrected chi connectivity index (χ2v) is 5.33. The topological polar surface area (TPSA) is 38.5 Å². The van der Waals surface area contributed by atoms with Crippen LogP contribution in [-0.2, 0) is 6.54 Å². The lowest BCUT2D eigenvalue weighted by Gasteiger charge is -2.38. The number of ether oxygens (including phenoxy) is 1. The third-order valence-electron chi connectivity index (χ3n) is 3.91. The summed E-state index contributed by atoms with van der Waals surface area (Å²) in [4.78, 5) is 2.30. The van der Waals surface area contributed by atoms with E-state index in [1.165, 1.54) is 13.5 Å². The lowest BCUT2D eigenvalue weighted by Crippen LogP contribution is -2.48. The first-order valence-electron chi connectivity index (χ1n) is 6.94. The van der Waals surface area contributed by atoms with E-state index < -0.39 is 0 Å². The van der Waals surface area contributed by atoms with Gasteiger partial charge >= 0.3 is 0 Å². The van der Waals surface area contributed by atoms with E-state index in [9.17, 15) is 4.39 Å². The highest BCUT2D eigenvalue weighted by atomic mass is 19.1. The Morgan fingerprint density at radius 2 is 2.26 bits per heavy atom. The molecule has 19 heavy (non-hydrogen) atoms. The van der Waals surface area contributed by atoms with Crippen molar-refractivity contribution in [1.82, 2.24) is 4.90 Å². The van der Waals surface area contributed by atoms with E-state index >= 15 is 0 Å². The molecule has 0 aliphatic carbocycles. The molecule has 2 N–H and O–H groups in total. The highest BCUT2D eigenvalue weighted by Gasteiger charge is 2.26. The Labute approximate surface area is 114 Å². The van der Waals surface area contributed by atoms with Crippen LogP contribution in [0.5, 0.6) is 5.75 Å². The molecule has 106 valence electrons. The normalized spacial score (nSPS) is 22.2. The van der Waals surface area contributed by atoms with Crippen molar-refractivity contribution in [1.29, 1.82) is 0 Å². The minimum atomic E-state index is -0.251. The van der Waals surface area contributed by atoms with Gasteiger partial charge in [0, 0.05) is 24.2 Å². The van der Waals surface area contributed by atoms with Gasteiger partial charge in [0.25, 0.3) is 0 Å². The molecule has 0 saturated carbocycles. The van der Waals surface area contributed by atoms with Gasteiger partial charge in [0.1, 0.15) is 0 Å². The van der Waals surface area contributed by atoms with E-state index in [0.29, 0.717) is 23.9 Å². The molecule has 1 aliphatic rings. The van der Waals surface area contributed by atoms with Crippen molar-refractivity contribution in [3.63, 3.8) is 0 Å². The molecule has 4 heteroatoms. The molecule has 1 heterocycles. The predicted octanol–water partition coefficient (Wildman–Crippen LogP) is 2.54. The third-order valence-corrected chi connectivity index (χ3v) is 3.91. The zero-order chi connectivity index (χ0) is 13.8. The van der Waals surface area contributed by atoms with Crippen LogP contribution in [0, 0.1) is 5.82 Å². The van der Waals surface area contributed by atoms with Gasteiger partial charge in [-0.3, -0.25) is 4.90 Å². The summed E-state index contributed by atoms with van der Waals surface area (Å²) in [5.74, 6) is 0.0610. The molecule has 0 bridgehead atoms. The van der Waals surface area contributed by atoms with Crippen molar-refractivity contribution >= 4 is 0 Å². The molecule has 1 fully saturated rings. The zero-order valence-corrected chi connectivity index (χ0v) is 11.7. The molecule has 3 nitrogen and oxygen atoms in total. The zero-order valence-electron chi connectivity index (χ0n) is 11.7. The number of hydrogen-bond acceptors (Lipinski definition) is 3. The van der Waals surface area contributed by atoms with Gasteiger partial charge in [0.15, 0.2) is 11.6 Å². The first kappa shape index (κ1) is 14.3. The molecular formula is C15H23FN2O. The van der Waals surface area contributed by atoms with Crippen LogP contribution < -0.4 is 10.5 Å². The Morgan fingerprint density at radius 3 is 2.95 bits per heavy atom. The van der Waals surface area contributed by atoms with Gasteiger partial charge in [0.2, 0.25) is 0 Å². The smallest absolute Gasteiger partial charge is 0.169 e. The maximum Gasteiger partial charge on any atom is 0.169 e. The second kappa shape index (κ2) is 6.35. The SMILES string of the molecule is COc1cccc(CN2CCCCC2C(C)N)c1F. The van der Waals surface area contributed by atoms with Gasteiger partial charge in [-0.15, -0.1) is 0 Å². The maximum absolute atomic E-state index is 14.2. The van der Waals surface area contributed by atoms with Gasteiger partial charge in [-0.05, 0) is 32.4 Å². The van der Waals surface area contributed by atoms with Crippen LogP contribution in [-0.4, -0.2) is 30.6 Å². The number of likely N-dealkylation sites (tertiary alicyclic amines) is 1. The fourth-order valence-corrected chi connectivity index (χ4v) is 2.86. The minimum Gasteiger partial charge on any atom is -0.494 e. The fourth-order valence-electron chi connectivity index (χ4n) is 2.86. The summed E-state index contributed by atoms with van der Waals surface area (Å²) in [6.07, 6.45) is 3.47. The number of methoxy groups -OCH3 is 1. The summed E-state index contributed by atoms with van der Waals surface area (Å²) in [5.41, 5.74) is 6.73. The van der Waals surface area contributed by atoms with Crippen LogP contribution in [0.1, 0.15) is 31.7 Å². The Morgan fingerprint density at radius 1 is 1.47 bits per heavy atom. The fraction of sp³-hybridized carbons (Fsp3) is 0.600. The summed E-state index contributed by atoms with van der Waals surface area (Å²) >= 11 is 0. The molecule has 1 aromatic carbocycles. The Balaban J connectivity index is 2.15. The summed E-state index contributed by atoms with van der Waals surface area (Å²) in [7, 11) is 1.49. The van der Waals surface area contributed by atoms with Crippen molar-refractivity contribution in [3.05, 3.63) is 29.6 Å². The summed E-state index contributed by atoms with van der Waals surface area (Å²) in [6.45, 7) is 3.63. The number of halogens is 1. The van der Waals surface area contributed by atoms with E-state index in [1.807, 2.05) is 19.1 Å². The summed E-state index contributed by atoms with van der Waals surface area (Å²) in [5, 5.41) is 0. The van der Waals surface area contributed by atoms with Gasteiger partial charge in [-0.2, -0.15) is 0 Å². The third kappa shape index (κ3) is 3.25. The van der Waals surface area contributed by atoms with E-state index in [1.54, 1.807) is 6.07 Å².